The summed E-state index contributed by atoms with van der Waals surface area (Å²) in [5.74, 6) is 0.208. The molecule has 0 bridgehead atoms. The van der Waals surface area contributed by atoms with Crippen LogP contribution in [0.5, 0.6) is 0 Å². The lowest BCUT2D eigenvalue weighted by Gasteiger charge is -2.30. The number of hydrogen-bond acceptors (Lipinski definition) is 2. The molecule has 0 amide bonds. The van der Waals surface area contributed by atoms with Gasteiger partial charge in [-0.1, -0.05) is 44.7 Å². The number of carbonyl (C=O) groups excluding carboxylic acids is 1. The first-order valence-electron chi connectivity index (χ1n) is 6.86. The summed E-state index contributed by atoms with van der Waals surface area (Å²) in [6, 6.07) is 10.3. The minimum atomic E-state index is -0.665. The van der Waals surface area contributed by atoms with Crippen LogP contribution in [0.1, 0.15) is 33.1 Å². The molecule has 2 nitrogen and oxygen atoms in total. The van der Waals surface area contributed by atoms with Crippen molar-refractivity contribution in [2.24, 2.45) is 5.92 Å². The number of ether oxygens (including phenoxy) is 1. The Morgan fingerprint density at radius 3 is 2.68 bits per heavy atom. The summed E-state index contributed by atoms with van der Waals surface area (Å²) >= 11 is 0. The van der Waals surface area contributed by atoms with Crippen LogP contribution in [0.2, 0.25) is 0 Å². The Kier molecular flexibility index (Phi) is 4.99. The number of benzene rings is 1. The second-order valence-electron chi connectivity index (χ2n) is 5.22. The van der Waals surface area contributed by atoms with Gasteiger partial charge in [-0.15, -0.1) is 0 Å². The Morgan fingerprint density at radius 1 is 1.37 bits per heavy atom. The van der Waals surface area contributed by atoms with E-state index in [4.69, 9.17) is 11.4 Å². The molecule has 19 heavy (non-hydrogen) atoms. The third kappa shape index (κ3) is 3.57. The lowest BCUT2D eigenvalue weighted by Crippen LogP contribution is -2.29. The number of rotatable bonds is 4. The number of carbonyl (C=O) groups is 1. The number of esters is 1. The van der Waals surface area contributed by atoms with E-state index in [-0.39, 0.29) is 12.1 Å². The fraction of sp³-hybridized carbons (Fsp3) is 0.500. The lowest BCUT2D eigenvalue weighted by atomic mass is 10.0. The van der Waals surface area contributed by atoms with Gasteiger partial charge < -0.3 is 4.74 Å². The van der Waals surface area contributed by atoms with Crippen molar-refractivity contribution >= 4 is 19.2 Å². The van der Waals surface area contributed by atoms with Crippen LogP contribution in [-0.4, -0.2) is 17.7 Å². The molecule has 1 fully saturated rings. The van der Waals surface area contributed by atoms with Crippen LogP contribution in [0.15, 0.2) is 30.3 Å². The second-order valence-corrected chi connectivity index (χ2v) is 7.21. The summed E-state index contributed by atoms with van der Waals surface area (Å²) in [5.41, 5.74) is 0.465. The maximum Gasteiger partial charge on any atom is 0.302 e. The molecule has 0 aromatic heterocycles. The molecule has 2 radical (unpaired) electrons. The molecule has 3 heteroatoms. The van der Waals surface area contributed by atoms with Gasteiger partial charge in [0.1, 0.15) is 6.10 Å². The summed E-state index contributed by atoms with van der Waals surface area (Å²) in [6.07, 6.45) is 3.42. The molecule has 2 rings (SSSR count). The molecule has 1 saturated carbocycles. The molecular formula is C16H21O2P. The zero-order valence-electron chi connectivity index (χ0n) is 11.6. The van der Waals surface area contributed by atoms with Crippen molar-refractivity contribution in [2.45, 2.75) is 44.9 Å². The average molecular weight is 276 g/mol. The standard InChI is InChI=1S/C16H21O2P/c1-12(18-13(2)17)15-10-7-11-16(15)19(3)14-8-5-4-6-9-14/h3-6,8-9,12,15-16H,7,10-11H2,1-2H3/t12-,15?,16?,19?/m1/s1. The van der Waals surface area contributed by atoms with Crippen molar-refractivity contribution in [1.29, 1.82) is 0 Å². The molecule has 4 atom stereocenters. The van der Waals surface area contributed by atoms with E-state index in [1.54, 1.807) is 0 Å². The van der Waals surface area contributed by atoms with Gasteiger partial charge in [-0.25, -0.2) is 0 Å². The molecule has 0 saturated heterocycles. The quantitative estimate of drug-likeness (QED) is 0.620. The molecule has 102 valence electrons. The normalized spacial score (nSPS) is 25.8. The molecule has 1 aliphatic rings. The average Bonchev–Trinajstić information content (AvgIpc) is 2.87. The highest BCUT2D eigenvalue weighted by atomic mass is 31.1. The summed E-state index contributed by atoms with van der Waals surface area (Å²) in [7, 11) is -0.665. The van der Waals surface area contributed by atoms with Gasteiger partial charge in [0.05, 0.1) is 0 Å². The van der Waals surface area contributed by atoms with E-state index in [0.29, 0.717) is 11.6 Å². The van der Waals surface area contributed by atoms with Crippen LogP contribution in [0.25, 0.3) is 0 Å². The maximum atomic E-state index is 11.1. The molecule has 3 unspecified atom stereocenters. The first-order chi connectivity index (χ1) is 9.09. The first-order valence-corrected chi connectivity index (χ1v) is 8.34. The van der Waals surface area contributed by atoms with E-state index in [0.717, 1.165) is 12.8 Å². The monoisotopic (exact) mass is 276 g/mol. The van der Waals surface area contributed by atoms with E-state index < -0.39 is 7.92 Å². The van der Waals surface area contributed by atoms with Crippen LogP contribution in [0.4, 0.5) is 0 Å². The van der Waals surface area contributed by atoms with Crippen molar-refractivity contribution < 1.29 is 9.53 Å². The fourth-order valence-electron chi connectivity index (χ4n) is 3.00. The highest BCUT2D eigenvalue weighted by molar-refractivity contribution is 7.67. The van der Waals surface area contributed by atoms with Crippen molar-refractivity contribution in [3.8, 4) is 0 Å². The smallest absolute Gasteiger partial charge is 0.302 e. The van der Waals surface area contributed by atoms with Gasteiger partial charge in [-0.2, -0.15) is 0 Å². The van der Waals surface area contributed by atoms with E-state index in [9.17, 15) is 4.79 Å². The highest BCUT2D eigenvalue weighted by Gasteiger charge is 2.36. The van der Waals surface area contributed by atoms with Crippen molar-refractivity contribution in [3.63, 3.8) is 0 Å². The molecule has 1 aliphatic carbocycles. The van der Waals surface area contributed by atoms with Gasteiger partial charge >= 0.3 is 5.97 Å². The van der Waals surface area contributed by atoms with Gasteiger partial charge in [0, 0.05) is 12.8 Å². The molecule has 1 aromatic rings. The molecule has 0 heterocycles. The largest absolute Gasteiger partial charge is 0.463 e. The van der Waals surface area contributed by atoms with Crippen molar-refractivity contribution in [3.05, 3.63) is 37.0 Å². The third-order valence-corrected chi connectivity index (χ3v) is 6.15. The molecule has 0 aliphatic heterocycles. The fourth-order valence-corrected chi connectivity index (χ4v) is 5.17. The zero-order valence-corrected chi connectivity index (χ0v) is 12.5. The lowest BCUT2D eigenvalue weighted by molar-refractivity contribution is -0.147. The van der Waals surface area contributed by atoms with Crippen LogP contribution in [0.3, 0.4) is 0 Å². The van der Waals surface area contributed by atoms with Gasteiger partial charge in [0.15, 0.2) is 0 Å². The maximum absolute atomic E-state index is 11.1. The van der Waals surface area contributed by atoms with Crippen molar-refractivity contribution in [2.75, 3.05) is 0 Å². The number of hydrogen-bond donors (Lipinski definition) is 0. The second kappa shape index (κ2) is 6.52. The summed E-state index contributed by atoms with van der Waals surface area (Å²) in [6.45, 7) is 9.96. The summed E-state index contributed by atoms with van der Waals surface area (Å²) in [5, 5.41) is 1.24. The third-order valence-electron chi connectivity index (χ3n) is 3.90. The van der Waals surface area contributed by atoms with Crippen LogP contribution in [0, 0.1) is 12.6 Å². The van der Waals surface area contributed by atoms with Gasteiger partial charge in [-0.3, -0.25) is 4.79 Å². The minimum absolute atomic E-state index is 0.0257. The van der Waals surface area contributed by atoms with Gasteiger partial charge in [-0.05, 0) is 37.4 Å². The van der Waals surface area contributed by atoms with Crippen molar-refractivity contribution in [1.82, 2.24) is 0 Å². The topological polar surface area (TPSA) is 26.3 Å². The van der Waals surface area contributed by atoms with E-state index in [1.807, 2.05) is 25.1 Å². The highest BCUT2D eigenvalue weighted by Crippen LogP contribution is 2.50. The minimum Gasteiger partial charge on any atom is -0.463 e. The van der Waals surface area contributed by atoms with Gasteiger partial charge in [0.25, 0.3) is 0 Å². The summed E-state index contributed by atoms with van der Waals surface area (Å²) < 4.78 is 5.37. The SMILES string of the molecule is [CH]P(c1ccccc1)C1CCCC1[C@@H](C)OC(C)=O. The summed E-state index contributed by atoms with van der Waals surface area (Å²) in [4.78, 5) is 11.1. The van der Waals surface area contributed by atoms with Crippen LogP contribution >= 0.6 is 7.92 Å². The molecule has 1 aromatic carbocycles. The van der Waals surface area contributed by atoms with E-state index >= 15 is 0 Å². The Morgan fingerprint density at radius 2 is 2.05 bits per heavy atom. The predicted octanol–water partition coefficient (Wildman–Crippen LogP) is 3.58. The zero-order chi connectivity index (χ0) is 13.8. The Labute approximate surface area is 117 Å². The molecule has 0 spiro atoms. The molecular weight excluding hydrogens is 255 g/mol. The van der Waals surface area contributed by atoms with Crippen LogP contribution < -0.4 is 5.30 Å². The van der Waals surface area contributed by atoms with Gasteiger partial charge in [0.2, 0.25) is 0 Å². The Balaban J connectivity index is 2.08. The van der Waals surface area contributed by atoms with E-state index in [1.165, 1.54) is 18.6 Å². The Hall–Kier alpha value is -0.880. The predicted molar refractivity (Wildman–Crippen MR) is 79.7 cm³/mol. The van der Waals surface area contributed by atoms with E-state index in [2.05, 4.69) is 12.1 Å². The Bertz CT molecular complexity index is 418. The molecule has 0 N–H and O–H groups in total. The van der Waals surface area contributed by atoms with Crippen LogP contribution in [-0.2, 0) is 9.53 Å². The first kappa shape index (κ1) is 14.5.